The second-order valence-electron chi connectivity index (χ2n) is 7.06. The Labute approximate surface area is 141 Å². The number of phenolic OH excluding ortho intramolecular Hbond substituents is 1. The fraction of sp³-hybridized carbons (Fsp3) is 0.700. The maximum atomic E-state index is 9.97. The Balaban J connectivity index is 0.000000924. The average molecular weight is 319 g/mol. The zero-order valence-electron chi connectivity index (χ0n) is 15.4. The molecule has 0 aromatic heterocycles. The Morgan fingerprint density at radius 3 is 2.65 bits per heavy atom. The smallest absolute Gasteiger partial charge is 0.160 e. The van der Waals surface area contributed by atoms with Crippen molar-refractivity contribution in [3.05, 3.63) is 23.3 Å². The van der Waals surface area contributed by atoms with Crippen molar-refractivity contribution in [2.75, 3.05) is 20.2 Å². The van der Waals surface area contributed by atoms with Gasteiger partial charge in [-0.2, -0.15) is 0 Å². The van der Waals surface area contributed by atoms with Crippen LogP contribution >= 0.6 is 0 Å². The lowest BCUT2D eigenvalue weighted by molar-refractivity contribution is 0.0894. The van der Waals surface area contributed by atoms with Gasteiger partial charge < -0.3 is 9.84 Å². The number of rotatable bonds is 3. The summed E-state index contributed by atoms with van der Waals surface area (Å²) in [5.74, 6) is 2.53. The summed E-state index contributed by atoms with van der Waals surface area (Å²) in [5.41, 5.74) is 2.68. The van der Waals surface area contributed by atoms with E-state index in [0.29, 0.717) is 11.8 Å². The van der Waals surface area contributed by atoms with Crippen molar-refractivity contribution in [3.8, 4) is 11.5 Å². The number of hydrogen-bond acceptors (Lipinski definition) is 3. The van der Waals surface area contributed by atoms with E-state index in [0.717, 1.165) is 24.8 Å². The first-order valence-corrected chi connectivity index (χ1v) is 9.22. The highest BCUT2D eigenvalue weighted by atomic mass is 16.5. The molecule has 1 N–H and O–H groups in total. The van der Waals surface area contributed by atoms with Gasteiger partial charge in [0.1, 0.15) is 0 Å². The Morgan fingerprint density at radius 2 is 2.00 bits per heavy atom. The number of hydrogen-bond donors (Lipinski definition) is 1. The molecule has 0 radical (unpaired) electrons. The van der Waals surface area contributed by atoms with E-state index >= 15 is 0 Å². The number of fused-ring (bicyclic) bond motifs is 3. The van der Waals surface area contributed by atoms with Crippen molar-refractivity contribution >= 4 is 0 Å². The summed E-state index contributed by atoms with van der Waals surface area (Å²) < 4.78 is 5.30. The zero-order chi connectivity index (χ0) is 17.0. The molecule has 0 aliphatic carbocycles. The number of methoxy groups -OCH3 is 1. The van der Waals surface area contributed by atoms with Crippen molar-refractivity contribution in [3.63, 3.8) is 0 Å². The fourth-order valence-corrected chi connectivity index (χ4v) is 4.17. The molecule has 2 aliphatic heterocycles. The van der Waals surface area contributed by atoms with Gasteiger partial charge in [-0.05, 0) is 60.8 Å². The van der Waals surface area contributed by atoms with Gasteiger partial charge in [0.2, 0.25) is 0 Å². The van der Waals surface area contributed by atoms with E-state index in [4.69, 9.17) is 4.74 Å². The van der Waals surface area contributed by atoms with Crippen LogP contribution in [0.15, 0.2) is 12.1 Å². The predicted molar refractivity (Wildman–Crippen MR) is 96.2 cm³/mol. The molecule has 3 heteroatoms. The number of phenols is 1. The van der Waals surface area contributed by atoms with Gasteiger partial charge in [-0.1, -0.05) is 27.7 Å². The van der Waals surface area contributed by atoms with Gasteiger partial charge in [-0.3, -0.25) is 4.90 Å². The lowest BCUT2D eigenvalue weighted by Gasteiger charge is -2.44. The minimum atomic E-state index is 0.276. The van der Waals surface area contributed by atoms with E-state index in [1.54, 1.807) is 7.11 Å². The van der Waals surface area contributed by atoms with Gasteiger partial charge in [0, 0.05) is 19.1 Å². The standard InChI is InChI=1S/C18H27NO2.C2H6/c1-12(2)8-13-4-5-16-15-10-18(21-3)17(20)9-14(15)6-7-19(16)11-13;1-2/h9-10,12-13,16,20H,4-8,11H2,1-3H3;1-2H3. The molecule has 0 saturated carbocycles. The third-order valence-corrected chi connectivity index (χ3v) is 5.05. The Hall–Kier alpha value is -1.22. The van der Waals surface area contributed by atoms with Crippen LogP contribution < -0.4 is 4.74 Å². The zero-order valence-corrected chi connectivity index (χ0v) is 15.4. The molecule has 0 amide bonds. The molecule has 130 valence electrons. The molecule has 2 heterocycles. The molecule has 1 aromatic carbocycles. The van der Waals surface area contributed by atoms with E-state index < -0.39 is 0 Å². The summed E-state index contributed by atoms with van der Waals surface area (Å²) in [6.07, 6.45) is 4.94. The normalized spacial score (nSPS) is 23.6. The first kappa shape index (κ1) is 18.1. The largest absolute Gasteiger partial charge is 0.504 e. The lowest BCUT2D eigenvalue weighted by Crippen LogP contribution is -2.42. The van der Waals surface area contributed by atoms with Gasteiger partial charge in [-0.15, -0.1) is 0 Å². The third kappa shape index (κ3) is 4.00. The first-order chi connectivity index (χ1) is 11.1. The van der Waals surface area contributed by atoms with Crippen LogP contribution in [0.4, 0.5) is 0 Å². The highest BCUT2D eigenvalue weighted by molar-refractivity contribution is 5.48. The topological polar surface area (TPSA) is 32.7 Å². The van der Waals surface area contributed by atoms with Crippen LogP contribution in [0.5, 0.6) is 11.5 Å². The van der Waals surface area contributed by atoms with Crippen LogP contribution in [0, 0.1) is 11.8 Å². The van der Waals surface area contributed by atoms with Gasteiger partial charge in [0.25, 0.3) is 0 Å². The van der Waals surface area contributed by atoms with E-state index in [-0.39, 0.29) is 5.75 Å². The van der Waals surface area contributed by atoms with E-state index in [1.165, 1.54) is 36.9 Å². The Kier molecular flexibility index (Phi) is 6.34. The van der Waals surface area contributed by atoms with Crippen LogP contribution in [-0.2, 0) is 6.42 Å². The average Bonchev–Trinajstić information content (AvgIpc) is 2.55. The third-order valence-electron chi connectivity index (χ3n) is 5.05. The number of nitrogens with zero attached hydrogens (tertiary/aromatic N) is 1. The minimum Gasteiger partial charge on any atom is -0.504 e. The molecule has 3 nitrogen and oxygen atoms in total. The van der Waals surface area contributed by atoms with Crippen molar-refractivity contribution < 1.29 is 9.84 Å². The second-order valence-corrected chi connectivity index (χ2v) is 7.06. The van der Waals surface area contributed by atoms with Crippen LogP contribution in [0.1, 0.15) is 64.1 Å². The van der Waals surface area contributed by atoms with Crippen molar-refractivity contribution in [1.82, 2.24) is 4.90 Å². The quantitative estimate of drug-likeness (QED) is 0.870. The highest BCUT2D eigenvalue weighted by Crippen LogP contribution is 2.43. The maximum Gasteiger partial charge on any atom is 0.160 e. The van der Waals surface area contributed by atoms with Gasteiger partial charge >= 0.3 is 0 Å². The Bertz CT molecular complexity index is 513. The van der Waals surface area contributed by atoms with Crippen LogP contribution in [0.25, 0.3) is 0 Å². The maximum absolute atomic E-state index is 9.97. The molecule has 23 heavy (non-hydrogen) atoms. The molecular weight excluding hydrogens is 286 g/mol. The summed E-state index contributed by atoms with van der Waals surface area (Å²) in [6.45, 7) is 11.0. The number of benzene rings is 1. The summed E-state index contributed by atoms with van der Waals surface area (Å²) in [6, 6.07) is 4.49. The molecule has 1 fully saturated rings. The molecule has 0 bridgehead atoms. The molecule has 1 saturated heterocycles. The summed E-state index contributed by atoms with van der Waals surface area (Å²) >= 11 is 0. The minimum absolute atomic E-state index is 0.276. The first-order valence-electron chi connectivity index (χ1n) is 9.22. The number of aromatic hydroxyl groups is 1. The van der Waals surface area contributed by atoms with Crippen molar-refractivity contribution in [1.29, 1.82) is 0 Å². The fourth-order valence-electron chi connectivity index (χ4n) is 4.17. The molecule has 3 rings (SSSR count). The highest BCUT2D eigenvalue weighted by Gasteiger charge is 2.34. The molecule has 2 unspecified atom stereocenters. The van der Waals surface area contributed by atoms with Crippen LogP contribution in [-0.4, -0.2) is 30.2 Å². The monoisotopic (exact) mass is 319 g/mol. The van der Waals surface area contributed by atoms with Crippen LogP contribution in [0.2, 0.25) is 0 Å². The molecule has 2 atom stereocenters. The van der Waals surface area contributed by atoms with Gasteiger partial charge in [0.15, 0.2) is 11.5 Å². The van der Waals surface area contributed by atoms with Crippen molar-refractivity contribution in [2.45, 2.75) is 59.4 Å². The summed E-state index contributed by atoms with van der Waals surface area (Å²) in [5, 5.41) is 9.97. The SMILES string of the molecule is CC.COc1cc2c(cc1O)CCN1CC(CC(C)C)CCC21. The second kappa shape index (κ2) is 8.05. The number of ether oxygens (including phenoxy) is 1. The predicted octanol–water partition coefficient (Wildman–Crippen LogP) is 4.78. The lowest BCUT2D eigenvalue weighted by atomic mass is 9.81. The molecule has 2 aliphatic rings. The van der Waals surface area contributed by atoms with Crippen molar-refractivity contribution in [2.24, 2.45) is 11.8 Å². The molecule has 0 spiro atoms. The van der Waals surface area contributed by atoms with E-state index in [1.807, 2.05) is 19.9 Å². The van der Waals surface area contributed by atoms with Gasteiger partial charge in [0.05, 0.1) is 7.11 Å². The molecule has 1 aromatic rings. The summed E-state index contributed by atoms with van der Waals surface area (Å²) in [4.78, 5) is 2.65. The van der Waals surface area contributed by atoms with Gasteiger partial charge in [-0.25, -0.2) is 0 Å². The summed E-state index contributed by atoms with van der Waals surface area (Å²) in [7, 11) is 1.63. The van der Waals surface area contributed by atoms with E-state index in [9.17, 15) is 5.11 Å². The Morgan fingerprint density at radius 1 is 1.26 bits per heavy atom. The molecular formula is C20H33NO2. The number of piperidine rings is 1. The van der Waals surface area contributed by atoms with Crippen LogP contribution in [0.3, 0.4) is 0 Å². The van der Waals surface area contributed by atoms with E-state index in [2.05, 4.69) is 24.8 Å².